The highest BCUT2D eigenvalue weighted by Crippen LogP contribution is 2.24. The van der Waals surface area contributed by atoms with Crippen molar-refractivity contribution in [3.63, 3.8) is 0 Å². The third-order valence-corrected chi connectivity index (χ3v) is 4.51. The zero-order valence-corrected chi connectivity index (χ0v) is 13.3. The van der Waals surface area contributed by atoms with Gasteiger partial charge in [-0.15, -0.1) is 11.3 Å². The lowest BCUT2D eigenvalue weighted by Gasteiger charge is -2.34. The van der Waals surface area contributed by atoms with Crippen molar-refractivity contribution in [1.29, 1.82) is 0 Å². The number of morpholine rings is 1. The van der Waals surface area contributed by atoms with Crippen LogP contribution in [0.15, 0.2) is 11.4 Å². The molecule has 6 nitrogen and oxygen atoms in total. The Morgan fingerprint density at radius 2 is 2.38 bits per heavy atom. The van der Waals surface area contributed by atoms with E-state index in [9.17, 15) is 9.59 Å². The Labute approximate surface area is 132 Å². The summed E-state index contributed by atoms with van der Waals surface area (Å²) in [6, 6.07) is 1.72. The Morgan fingerprint density at radius 1 is 1.62 bits per heavy atom. The number of carbonyl (C=O) groups is 2. The molecule has 0 radical (unpaired) electrons. The van der Waals surface area contributed by atoms with Crippen LogP contribution in [0.2, 0.25) is 5.02 Å². The van der Waals surface area contributed by atoms with Gasteiger partial charge in [-0.05, 0) is 18.5 Å². The molecule has 2 N–H and O–H groups in total. The Bertz CT molecular complexity index is 523. The lowest BCUT2D eigenvalue weighted by molar-refractivity contribution is -0.119. The van der Waals surface area contributed by atoms with E-state index in [0.717, 1.165) is 0 Å². The third kappa shape index (κ3) is 4.41. The van der Waals surface area contributed by atoms with Gasteiger partial charge in [0.05, 0.1) is 24.3 Å². The van der Waals surface area contributed by atoms with Crippen molar-refractivity contribution in [2.45, 2.75) is 6.10 Å². The van der Waals surface area contributed by atoms with Crippen molar-refractivity contribution in [3.05, 3.63) is 21.3 Å². The van der Waals surface area contributed by atoms with Crippen molar-refractivity contribution in [1.82, 2.24) is 9.80 Å². The molecule has 1 unspecified atom stereocenters. The summed E-state index contributed by atoms with van der Waals surface area (Å²) in [5.41, 5.74) is 5.16. The molecule has 0 saturated carbocycles. The minimum atomic E-state index is -0.383. The predicted molar refractivity (Wildman–Crippen MR) is 81.7 cm³/mol. The van der Waals surface area contributed by atoms with E-state index in [2.05, 4.69) is 0 Å². The van der Waals surface area contributed by atoms with E-state index in [1.807, 2.05) is 0 Å². The number of amides is 2. The van der Waals surface area contributed by atoms with Crippen LogP contribution in [0.5, 0.6) is 0 Å². The van der Waals surface area contributed by atoms with Gasteiger partial charge in [0.15, 0.2) is 0 Å². The third-order valence-electron chi connectivity index (χ3n) is 3.18. The molecule has 21 heavy (non-hydrogen) atoms. The molecule has 2 amide bonds. The van der Waals surface area contributed by atoms with E-state index < -0.39 is 0 Å². The molecule has 2 rings (SSSR count). The fraction of sp³-hybridized carbons (Fsp3) is 0.538. The number of hydrogen-bond donors (Lipinski definition) is 1. The van der Waals surface area contributed by atoms with E-state index in [-0.39, 0.29) is 24.5 Å². The SMILES string of the molecule is CN(CC(N)=O)CC1CN(C(=O)c2sccc2Cl)CCO1. The summed E-state index contributed by atoms with van der Waals surface area (Å²) < 4.78 is 5.64. The molecule has 1 aromatic rings. The molecular weight excluding hydrogens is 314 g/mol. The van der Waals surface area contributed by atoms with Crippen LogP contribution in [0.1, 0.15) is 9.67 Å². The van der Waals surface area contributed by atoms with Crippen LogP contribution in [0.4, 0.5) is 0 Å². The van der Waals surface area contributed by atoms with Crippen LogP contribution < -0.4 is 5.73 Å². The summed E-state index contributed by atoms with van der Waals surface area (Å²) in [5, 5.41) is 2.28. The number of carbonyl (C=O) groups excluding carboxylic acids is 2. The normalized spacial score (nSPS) is 19.0. The van der Waals surface area contributed by atoms with Gasteiger partial charge in [-0.25, -0.2) is 0 Å². The Kier molecular flexibility index (Phi) is 5.58. The average Bonchev–Trinajstić information content (AvgIpc) is 2.83. The maximum Gasteiger partial charge on any atom is 0.265 e. The van der Waals surface area contributed by atoms with E-state index in [1.165, 1.54) is 11.3 Å². The summed E-state index contributed by atoms with van der Waals surface area (Å²) in [6.45, 7) is 2.22. The minimum Gasteiger partial charge on any atom is -0.373 e. The molecule has 1 aromatic heterocycles. The molecule has 8 heteroatoms. The van der Waals surface area contributed by atoms with Gasteiger partial charge in [0.2, 0.25) is 5.91 Å². The van der Waals surface area contributed by atoms with Crippen molar-refractivity contribution < 1.29 is 14.3 Å². The molecule has 0 aliphatic carbocycles. The van der Waals surface area contributed by atoms with Crippen LogP contribution >= 0.6 is 22.9 Å². The van der Waals surface area contributed by atoms with E-state index >= 15 is 0 Å². The van der Waals surface area contributed by atoms with Crippen LogP contribution in [0, 0.1) is 0 Å². The van der Waals surface area contributed by atoms with Gasteiger partial charge < -0.3 is 15.4 Å². The number of halogens is 1. The lowest BCUT2D eigenvalue weighted by atomic mass is 10.2. The Balaban J connectivity index is 1.93. The fourth-order valence-corrected chi connectivity index (χ4v) is 3.39. The highest BCUT2D eigenvalue weighted by Gasteiger charge is 2.27. The molecule has 1 atom stereocenters. The standard InChI is InChI=1S/C13H18ClN3O3S/c1-16(8-11(15)18)6-9-7-17(3-4-20-9)13(19)12-10(14)2-5-21-12/h2,5,9H,3-4,6-8H2,1H3,(H2,15,18). The number of hydrogen-bond acceptors (Lipinski definition) is 5. The first-order chi connectivity index (χ1) is 9.97. The number of thiophene rings is 1. The van der Waals surface area contributed by atoms with Gasteiger partial charge in [0.1, 0.15) is 4.88 Å². The van der Waals surface area contributed by atoms with Gasteiger partial charge >= 0.3 is 0 Å². The highest BCUT2D eigenvalue weighted by atomic mass is 35.5. The van der Waals surface area contributed by atoms with Crippen molar-refractivity contribution in [3.8, 4) is 0 Å². The van der Waals surface area contributed by atoms with Crippen LogP contribution in [0.25, 0.3) is 0 Å². The first-order valence-corrected chi connectivity index (χ1v) is 7.84. The molecular formula is C13H18ClN3O3S. The van der Waals surface area contributed by atoms with Gasteiger partial charge in [-0.2, -0.15) is 0 Å². The molecule has 0 bridgehead atoms. The second-order valence-corrected chi connectivity index (χ2v) is 6.33. The Morgan fingerprint density at radius 3 is 3.00 bits per heavy atom. The fourth-order valence-electron chi connectivity index (χ4n) is 2.28. The minimum absolute atomic E-state index is 0.0687. The molecule has 0 spiro atoms. The summed E-state index contributed by atoms with van der Waals surface area (Å²) >= 11 is 7.34. The number of primary amides is 1. The Hall–Kier alpha value is -1.15. The van der Waals surface area contributed by atoms with E-state index in [1.54, 1.807) is 28.3 Å². The molecule has 2 heterocycles. The number of ether oxygens (including phenoxy) is 1. The van der Waals surface area contributed by atoms with Gasteiger partial charge in [0, 0.05) is 19.6 Å². The second-order valence-electron chi connectivity index (χ2n) is 5.00. The van der Waals surface area contributed by atoms with Crippen LogP contribution in [0.3, 0.4) is 0 Å². The second kappa shape index (κ2) is 7.22. The highest BCUT2D eigenvalue weighted by molar-refractivity contribution is 7.12. The number of rotatable bonds is 5. The number of likely N-dealkylation sites (N-methyl/N-ethyl adjacent to an activating group) is 1. The van der Waals surface area contributed by atoms with E-state index in [4.69, 9.17) is 22.1 Å². The largest absolute Gasteiger partial charge is 0.373 e. The average molecular weight is 332 g/mol. The maximum atomic E-state index is 12.4. The topological polar surface area (TPSA) is 75.9 Å². The zero-order valence-electron chi connectivity index (χ0n) is 11.8. The first-order valence-electron chi connectivity index (χ1n) is 6.58. The van der Waals surface area contributed by atoms with E-state index in [0.29, 0.717) is 36.1 Å². The molecule has 0 aromatic carbocycles. The van der Waals surface area contributed by atoms with Crippen molar-refractivity contribution in [2.24, 2.45) is 5.73 Å². The first kappa shape index (κ1) is 16.2. The van der Waals surface area contributed by atoms with Crippen molar-refractivity contribution in [2.75, 3.05) is 39.8 Å². The lowest BCUT2D eigenvalue weighted by Crippen LogP contribution is -2.49. The summed E-state index contributed by atoms with van der Waals surface area (Å²) in [6.07, 6.45) is -0.134. The molecule has 1 aliphatic rings. The van der Waals surface area contributed by atoms with Gasteiger partial charge in [-0.1, -0.05) is 11.6 Å². The number of nitrogens with two attached hydrogens (primary N) is 1. The zero-order chi connectivity index (χ0) is 15.4. The summed E-state index contributed by atoms with van der Waals surface area (Å²) in [7, 11) is 1.80. The van der Waals surface area contributed by atoms with Crippen LogP contribution in [-0.2, 0) is 9.53 Å². The van der Waals surface area contributed by atoms with Gasteiger partial charge in [-0.3, -0.25) is 14.5 Å². The van der Waals surface area contributed by atoms with Crippen LogP contribution in [-0.4, -0.2) is 67.6 Å². The van der Waals surface area contributed by atoms with Gasteiger partial charge in [0.25, 0.3) is 5.91 Å². The predicted octanol–water partition coefficient (Wildman–Crippen LogP) is 0.660. The molecule has 1 aliphatic heterocycles. The molecule has 1 fully saturated rings. The summed E-state index contributed by atoms with van der Waals surface area (Å²) in [4.78, 5) is 27.4. The molecule has 1 saturated heterocycles. The monoisotopic (exact) mass is 331 g/mol. The number of nitrogens with zero attached hydrogens (tertiary/aromatic N) is 2. The summed E-state index contributed by atoms with van der Waals surface area (Å²) in [5.74, 6) is -0.451. The molecule has 116 valence electrons. The smallest absolute Gasteiger partial charge is 0.265 e. The van der Waals surface area contributed by atoms with Crippen molar-refractivity contribution >= 4 is 34.8 Å². The quantitative estimate of drug-likeness (QED) is 0.860. The maximum absolute atomic E-state index is 12.4.